The summed E-state index contributed by atoms with van der Waals surface area (Å²) in [5, 5.41) is 9.70. The van der Waals surface area contributed by atoms with Crippen LogP contribution in [0.2, 0.25) is 0 Å². The molecule has 0 atom stereocenters. The van der Waals surface area contributed by atoms with Crippen molar-refractivity contribution in [1.82, 2.24) is 9.97 Å². The Morgan fingerprint density at radius 3 is 1.88 bits per heavy atom. The molecule has 0 bridgehead atoms. The molecule has 26 heavy (non-hydrogen) atoms. The molecular weight excluding hydrogens is 326 g/mol. The lowest BCUT2D eigenvalue weighted by Gasteiger charge is -2.16. The van der Waals surface area contributed by atoms with Crippen LogP contribution in [0.5, 0.6) is 6.01 Å². The van der Waals surface area contributed by atoms with Gasteiger partial charge in [0.2, 0.25) is 0 Å². The first kappa shape index (κ1) is 17.8. The molecule has 3 rings (SSSR count). The summed E-state index contributed by atoms with van der Waals surface area (Å²) < 4.78 is 5.38. The average molecular weight is 347 g/mol. The largest absolute Gasteiger partial charge is 0.460 e. The van der Waals surface area contributed by atoms with E-state index in [9.17, 15) is 5.11 Å². The number of rotatable bonds is 6. The third-order valence-electron chi connectivity index (χ3n) is 3.50. The number of nitrogens with zero attached hydrogens (tertiary/aromatic N) is 3. The van der Waals surface area contributed by atoms with E-state index in [4.69, 9.17) is 9.73 Å². The Bertz CT molecular complexity index is 814. The van der Waals surface area contributed by atoms with Crippen LogP contribution in [0, 0.1) is 0 Å². The van der Waals surface area contributed by atoms with Gasteiger partial charge >= 0.3 is 6.01 Å². The highest BCUT2D eigenvalue weighted by Crippen LogP contribution is 2.18. The van der Waals surface area contributed by atoms with Gasteiger partial charge in [-0.25, -0.2) is 15.0 Å². The first-order valence-corrected chi connectivity index (χ1v) is 8.38. The van der Waals surface area contributed by atoms with E-state index in [0.29, 0.717) is 5.69 Å². The number of ether oxygens (including phenoxy) is 1. The molecular formula is C21H21N3O2. The number of hydrogen-bond acceptors (Lipinski definition) is 5. The summed E-state index contributed by atoms with van der Waals surface area (Å²) in [5.41, 5.74) is 2.57. The monoisotopic (exact) mass is 347 g/mol. The zero-order valence-corrected chi connectivity index (χ0v) is 14.8. The Kier molecular flexibility index (Phi) is 5.39. The van der Waals surface area contributed by atoms with E-state index in [1.807, 2.05) is 60.7 Å². The second-order valence-corrected chi connectivity index (χ2v) is 6.52. The predicted molar refractivity (Wildman–Crippen MR) is 102 cm³/mol. The van der Waals surface area contributed by atoms with Crippen molar-refractivity contribution in [3.8, 4) is 6.01 Å². The normalized spacial score (nSPS) is 11.0. The van der Waals surface area contributed by atoms with Gasteiger partial charge in [0.15, 0.2) is 0 Å². The number of aliphatic imine (C=N–C) groups is 1. The van der Waals surface area contributed by atoms with Gasteiger partial charge in [0.25, 0.3) is 0 Å². The van der Waals surface area contributed by atoms with Crippen LogP contribution >= 0.6 is 0 Å². The zero-order valence-electron chi connectivity index (χ0n) is 14.8. The first-order chi connectivity index (χ1) is 12.5. The summed E-state index contributed by atoms with van der Waals surface area (Å²) in [6.45, 7) is 3.45. The van der Waals surface area contributed by atoms with Crippen LogP contribution in [0.1, 0.15) is 25.0 Å². The van der Waals surface area contributed by atoms with Crippen LogP contribution < -0.4 is 4.74 Å². The van der Waals surface area contributed by atoms with Crippen molar-refractivity contribution < 1.29 is 9.84 Å². The molecule has 0 radical (unpaired) electrons. The van der Waals surface area contributed by atoms with Crippen LogP contribution in [0.3, 0.4) is 0 Å². The highest BCUT2D eigenvalue weighted by atomic mass is 16.5. The van der Waals surface area contributed by atoms with E-state index in [1.165, 1.54) is 0 Å². The van der Waals surface area contributed by atoms with Crippen LogP contribution in [-0.2, 0) is 0 Å². The highest BCUT2D eigenvalue weighted by molar-refractivity contribution is 6.13. The number of aliphatic hydroxyl groups is 1. The van der Waals surface area contributed by atoms with Crippen molar-refractivity contribution in [3.05, 3.63) is 84.2 Å². The van der Waals surface area contributed by atoms with Crippen molar-refractivity contribution in [3.63, 3.8) is 0 Å². The SMILES string of the molecule is CC(C)(O)COc1ncc(N=C(c2ccccc2)c2ccccc2)cn1. The van der Waals surface area contributed by atoms with E-state index in [2.05, 4.69) is 9.97 Å². The van der Waals surface area contributed by atoms with Crippen molar-refractivity contribution in [2.45, 2.75) is 19.4 Å². The Hall–Kier alpha value is -3.05. The average Bonchev–Trinajstić information content (AvgIpc) is 2.66. The number of benzene rings is 2. The van der Waals surface area contributed by atoms with Gasteiger partial charge in [-0.1, -0.05) is 60.7 Å². The molecule has 0 aliphatic rings. The summed E-state index contributed by atoms with van der Waals surface area (Å²) in [6, 6.07) is 20.2. The third kappa shape index (κ3) is 4.97. The fourth-order valence-electron chi connectivity index (χ4n) is 2.30. The molecule has 0 aliphatic carbocycles. The smallest absolute Gasteiger partial charge is 0.316 e. The van der Waals surface area contributed by atoms with Crippen LogP contribution in [0.4, 0.5) is 5.69 Å². The van der Waals surface area contributed by atoms with Gasteiger partial charge < -0.3 is 9.84 Å². The quantitative estimate of drug-likeness (QED) is 0.689. The molecule has 0 spiro atoms. The maximum absolute atomic E-state index is 9.70. The molecule has 0 fully saturated rings. The first-order valence-electron chi connectivity index (χ1n) is 8.38. The Balaban J connectivity index is 1.89. The van der Waals surface area contributed by atoms with Crippen molar-refractivity contribution in [2.24, 2.45) is 4.99 Å². The topological polar surface area (TPSA) is 67.6 Å². The summed E-state index contributed by atoms with van der Waals surface area (Å²) in [5.74, 6) is 0. The minimum atomic E-state index is -0.937. The van der Waals surface area contributed by atoms with Crippen molar-refractivity contribution in [1.29, 1.82) is 0 Å². The zero-order chi connectivity index (χ0) is 18.4. The van der Waals surface area contributed by atoms with Gasteiger partial charge in [-0.3, -0.25) is 0 Å². The Labute approximate surface area is 153 Å². The molecule has 0 saturated heterocycles. The van der Waals surface area contributed by atoms with Gasteiger partial charge in [0, 0.05) is 11.1 Å². The fourth-order valence-corrected chi connectivity index (χ4v) is 2.30. The second-order valence-electron chi connectivity index (χ2n) is 6.52. The van der Waals surface area contributed by atoms with Crippen LogP contribution in [0.25, 0.3) is 0 Å². The second kappa shape index (κ2) is 7.89. The summed E-state index contributed by atoms with van der Waals surface area (Å²) >= 11 is 0. The molecule has 1 N–H and O–H groups in total. The Morgan fingerprint density at radius 1 is 0.923 bits per heavy atom. The molecule has 3 aromatic rings. The molecule has 0 amide bonds. The molecule has 5 nitrogen and oxygen atoms in total. The van der Waals surface area contributed by atoms with E-state index < -0.39 is 5.60 Å². The van der Waals surface area contributed by atoms with Crippen LogP contribution in [-0.4, -0.2) is 33.0 Å². The molecule has 132 valence electrons. The van der Waals surface area contributed by atoms with Gasteiger partial charge in [-0.2, -0.15) is 0 Å². The minimum absolute atomic E-state index is 0.120. The molecule has 0 unspecified atom stereocenters. The van der Waals surface area contributed by atoms with Gasteiger partial charge in [-0.15, -0.1) is 0 Å². The Morgan fingerprint density at radius 2 is 1.42 bits per heavy atom. The van der Waals surface area contributed by atoms with Gasteiger partial charge in [0.05, 0.1) is 23.7 Å². The molecule has 1 heterocycles. The molecule has 5 heteroatoms. The maximum atomic E-state index is 9.70. The van der Waals surface area contributed by atoms with Crippen molar-refractivity contribution in [2.75, 3.05) is 6.61 Å². The third-order valence-corrected chi connectivity index (χ3v) is 3.50. The van der Waals surface area contributed by atoms with Gasteiger partial charge in [-0.05, 0) is 13.8 Å². The lowest BCUT2D eigenvalue weighted by molar-refractivity contribution is 0.0250. The molecule has 1 aromatic heterocycles. The lowest BCUT2D eigenvalue weighted by Crippen LogP contribution is -2.28. The fraction of sp³-hybridized carbons (Fsp3) is 0.190. The van der Waals surface area contributed by atoms with Crippen molar-refractivity contribution >= 4 is 11.4 Å². The van der Waals surface area contributed by atoms with E-state index in [1.54, 1.807) is 26.2 Å². The number of aromatic nitrogens is 2. The minimum Gasteiger partial charge on any atom is -0.460 e. The lowest BCUT2D eigenvalue weighted by atomic mass is 10.0. The maximum Gasteiger partial charge on any atom is 0.316 e. The number of hydrogen-bond donors (Lipinski definition) is 1. The summed E-state index contributed by atoms with van der Waals surface area (Å²) in [4.78, 5) is 13.1. The van der Waals surface area contributed by atoms with Gasteiger partial charge in [0.1, 0.15) is 12.3 Å². The summed E-state index contributed by atoms with van der Waals surface area (Å²) in [7, 11) is 0. The van der Waals surface area contributed by atoms with E-state index in [0.717, 1.165) is 16.8 Å². The predicted octanol–water partition coefficient (Wildman–Crippen LogP) is 3.80. The standard InChI is InChI=1S/C21H21N3O2/c1-21(2,25)15-26-20-22-13-18(14-23-20)24-19(16-9-5-3-6-10-16)17-11-7-4-8-12-17/h3-14,25H,15H2,1-2H3. The molecule has 0 saturated carbocycles. The highest BCUT2D eigenvalue weighted by Gasteiger charge is 2.14. The van der Waals surface area contributed by atoms with E-state index >= 15 is 0 Å². The summed E-state index contributed by atoms with van der Waals surface area (Å²) in [6.07, 6.45) is 3.22. The molecule has 2 aromatic carbocycles. The van der Waals surface area contributed by atoms with Crippen LogP contribution in [0.15, 0.2) is 78.0 Å². The van der Waals surface area contributed by atoms with E-state index in [-0.39, 0.29) is 12.6 Å². The molecule has 0 aliphatic heterocycles.